The summed E-state index contributed by atoms with van der Waals surface area (Å²) in [6, 6.07) is 0. The molecule has 2 aliphatic rings. The number of piperidine rings is 1. The van der Waals surface area contributed by atoms with Crippen LogP contribution in [0, 0.1) is 11.8 Å². The second-order valence-electron chi connectivity index (χ2n) is 6.52. The summed E-state index contributed by atoms with van der Waals surface area (Å²) in [5.74, 6) is 2.13. The van der Waals surface area contributed by atoms with E-state index in [-0.39, 0.29) is 0 Å². The number of rotatable bonds is 5. The smallest absolute Gasteiger partial charge is 0.223 e. The average molecular weight is 266 g/mol. The third kappa shape index (κ3) is 5.13. The zero-order valence-electron chi connectivity index (χ0n) is 12.5. The number of carbonyl (C=O) groups excluding carboxylic acids is 1. The van der Waals surface area contributed by atoms with Crippen LogP contribution < -0.4 is 5.32 Å². The van der Waals surface area contributed by atoms with Crippen molar-refractivity contribution in [3.63, 3.8) is 0 Å². The first kappa shape index (κ1) is 14.8. The van der Waals surface area contributed by atoms with Gasteiger partial charge in [0.25, 0.3) is 0 Å². The van der Waals surface area contributed by atoms with Gasteiger partial charge in [-0.2, -0.15) is 0 Å². The van der Waals surface area contributed by atoms with Gasteiger partial charge in [0.15, 0.2) is 0 Å². The molecule has 1 amide bonds. The zero-order valence-corrected chi connectivity index (χ0v) is 12.5. The van der Waals surface area contributed by atoms with E-state index in [1.54, 1.807) is 0 Å². The first-order valence-electron chi connectivity index (χ1n) is 8.24. The highest BCUT2D eigenvalue weighted by Crippen LogP contribution is 2.27. The number of nitrogens with zero attached hydrogens (tertiary/aromatic N) is 1. The van der Waals surface area contributed by atoms with E-state index in [4.69, 9.17) is 0 Å². The van der Waals surface area contributed by atoms with Gasteiger partial charge in [-0.1, -0.05) is 19.8 Å². The molecular weight excluding hydrogens is 236 g/mol. The molecule has 1 saturated carbocycles. The maximum Gasteiger partial charge on any atom is 0.223 e. The van der Waals surface area contributed by atoms with Crippen molar-refractivity contribution in [1.29, 1.82) is 0 Å². The van der Waals surface area contributed by atoms with Crippen LogP contribution in [0.1, 0.15) is 58.3 Å². The van der Waals surface area contributed by atoms with Gasteiger partial charge in [-0.05, 0) is 50.5 Å². The zero-order chi connectivity index (χ0) is 13.5. The lowest BCUT2D eigenvalue weighted by Crippen LogP contribution is -2.37. The molecule has 2 rings (SSSR count). The Kier molecular flexibility index (Phi) is 6.15. The molecule has 0 radical (unpaired) electrons. The van der Waals surface area contributed by atoms with E-state index in [0.29, 0.717) is 12.3 Å². The van der Waals surface area contributed by atoms with E-state index in [1.165, 1.54) is 44.9 Å². The molecule has 19 heavy (non-hydrogen) atoms. The normalized spacial score (nSPS) is 28.4. The van der Waals surface area contributed by atoms with E-state index in [1.807, 2.05) is 4.90 Å². The van der Waals surface area contributed by atoms with Crippen molar-refractivity contribution >= 4 is 5.91 Å². The fourth-order valence-corrected chi connectivity index (χ4v) is 3.34. The second kappa shape index (κ2) is 7.88. The third-order valence-corrected chi connectivity index (χ3v) is 4.79. The molecule has 1 N–H and O–H groups in total. The highest BCUT2D eigenvalue weighted by Gasteiger charge is 2.18. The molecule has 0 unspecified atom stereocenters. The van der Waals surface area contributed by atoms with Crippen LogP contribution in [0.15, 0.2) is 0 Å². The molecule has 0 atom stereocenters. The minimum absolute atomic E-state index is 0.351. The van der Waals surface area contributed by atoms with Crippen molar-refractivity contribution in [3.8, 4) is 0 Å². The van der Waals surface area contributed by atoms with Crippen LogP contribution in [0.5, 0.6) is 0 Å². The Hall–Kier alpha value is -0.570. The number of hydrogen-bond acceptors (Lipinski definition) is 2. The standard InChI is InChI=1S/C16H30N2O/c1-14-5-7-15(8-6-14)13-17-10-9-16(19)18-11-3-2-4-12-18/h14-15,17H,2-13H2,1H3. The van der Waals surface area contributed by atoms with Crippen molar-refractivity contribution in [2.75, 3.05) is 26.2 Å². The Morgan fingerprint density at radius 1 is 1.11 bits per heavy atom. The molecule has 1 saturated heterocycles. The van der Waals surface area contributed by atoms with Crippen molar-refractivity contribution in [1.82, 2.24) is 10.2 Å². The molecular formula is C16H30N2O. The summed E-state index contributed by atoms with van der Waals surface area (Å²) in [5.41, 5.74) is 0. The molecule has 2 fully saturated rings. The van der Waals surface area contributed by atoms with Crippen molar-refractivity contribution in [3.05, 3.63) is 0 Å². The van der Waals surface area contributed by atoms with Gasteiger partial charge in [-0.3, -0.25) is 4.79 Å². The summed E-state index contributed by atoms with van der Waals surface area (Å²) in [6.45, 7) is 6.31. The average Bonchev–Trinajstić information content (AvgIpc) is 2.46. The molecule has 0 aromatic heterocycles. The summed E-state index contributed by atoms with van der Waals surface area (Å²) >= 11 is 0. The minimum atomic E-state index is 0.351. The molecule has 3 nitrogen and oxygen atoms in total. The van der Waals surface area contributed by atoms with Crippen LogP contribution in [0.25, 0.3) is 0 Å². The molecule has 3 heteroatoms. The van der Waals surface area contributed by atoms with Crippen LogP contribution in [0.3, 0.4) is 0 Å². The molecule has 110 valence electrons. The second-order valence-corrected chi connectivity index (χ2v) is 6.52. The number of carbonyl (C=O) groups is 1. The van der Waals surface area contributed by atoms with Crippen LogP contribution in [-0.4, -0.2) is 37.0 Å². The fraction of sp³-hybridized carbons (Fsp3) is 0.938. The van der Waals surface area contributed by atoms with Crippen molar-refractivity contribution in [2.24, 2.45) is 11.8 Å². The lowest BCUT2D eigenvalue weighted by Gasteiger charge is -2.28. The van der Waals surface area contributed by atoms with Gasteiger partial charge in [0.2, 0.25) is 5.91 Å². The van der Waals surface area contributed by atoms with Crippen molar-refractivity contribution in [2.45, 2.75) is 58.3 Å². The Balaban J connectivity index is 1.52. The molecule has 0 aromatic rings. The predicted octanol–water partition coefficient (Wildman–Crippen LogP) is 2.80. The highest BCUT2D eigenvalue weighted by atomic mass is 16.2. The number of amides is 1. The van der Waals surface area contributed by atoms with Gasteiger partial charge in [-0.25, -0.2) is 0 Å². The topological polar surface area (TPSA) is 32.3 Å². The Morgan fingerprint density at radius 3 is 2.47 bits per heavy atom. The van der Waals surface area contributed by atoms with Crippen molar-refractivity contribution < 1.29 is 4.79 Å². The fourth-order valence-electron chi connectivity index (χ4n) is 3.34. The predicted molar refractivity (Wildman–Crippen MR) is 79.0 cm³/mol. The van der Waals surface area contributed by atoms with Crippen LogP contribution >= 0.6 is 0 Å². The highest BCUT2D eigenvalue weighted by molar-refractivity contribution is 5.76. The van der Waals surface area contributed by atoms with Gasteiger partial charge >= 0.3 is 0 Å². The molecule has 0 aromatic carbocycles. The van der Waals surface area contributed by atoms with Crippen LogP contribution in [0.2, 0.25) is 0 Å². The maximum atomic E-state index is 12.0. The van der Waals surface area contributed by atoms with E-state index >= 15 is 0 Å². The van der Waals surface area contributed by atoms with Gasteiger partial charge in [-0.15, -0.1) is 0 Å². The number of likely N-dealkylation sites (tertiary alicyclic amines) is 1. The van der Waals surface area contributed by atoms with Crippen LogP contribution in [0.4, 0.5) is 0 Å². The van der Waals surface area contributed by atoms with E-state index in [9.17, 15) is 4.79 Å². The SMILES string of the molecule is CC1CCC(CNCCC(=O)N2CCCCC2)CC1. The molecule has 0 bridgehead atoms. The van der Waals surface area contributed by atoms with E-state index in [2.05, 4.69) is 12.2 Å². The minimum Gasteiger partial charge on any atom is -0.343 e. The van der Waals surface area contributed by atoms with Gasteiger partial charge in [0.05, 0.1) is 0 Å². The lowest BCUT2D eigenvalue weighted by atomic mass is 9.83. The first-order valence-corrected chi connectivity index (χ1v) is 8.24. The summed E-state index contributed by atoms with van der Waals surface area (Å²) in [4.78, 5) is 14.0. The lowest BCUT2D eigenvalue weighted by molar-refractivity contribution is -0.131. The summed E-state index contributed by atoms with van der Waals surface area (Å²) in [7, 11) is 0. The van der Waals surface area contributed by atoms with Gasteiger partial charge < -0.3 is 10.2 Å². The van der Waals surface area contributed by atoms with Crippen LogP contribution in [-0.2, 0) is 4.79 Å². The van der Waals surface area contributed by atoms with E-state index in [0.717, 1.165) is 38.0 Å². The Bertz CT molecular complexity index is 266. The summed E-state index contributed by atoms with van der Waals surface area (Å²) < 4.78 is 0. The number of hydrogen-bond donors (Lipinski definition) is 1. The van der Waals surface area contributed by atoms with Gasteiger partial charge in [0, 0.05) is 26.1 Å². The molecule has 1 aliphatic heterocycles. The summed E-state index contributed by atoms with van der Waals surface area (Å²) in [5, 5.41) is 3.49. The number of nitrogens with one attached hydrogen (secondary N) is 1. The van der Waals surface area contributed by atoms with E-state index < -0.39 is 0 Å². The Morgan fingerprint density at radius 2 is 1.79 bits per heavy atom. The summed E-state index contributed by atoms with van der Waals surface area (Å²) in [6.07, 6.45) is 9.88. The molecule has 1 heterocycles. The quantitative estimate of drug-likeness (QED) is 0.776. The first-order chi connectivity index (χ1) is 9.25. The van der Waals surface area contributed by atoms with Gasteiger partial charge in [0.1, 0.15) is 0 Å². The maximum absolute atomic E-state index is 12.0. The monoisotopic (exact) mass is 266 g/mol. The molecule has 0 spiro atoms. The molecule has 1 aliphatic carbocycles. The largest absolute Gasteiger partial charge is 0.343 e. The third-order valence-electron chi connectivity index (χ3n) is 4.79. The Labute approximate surface area is 118 Å².